The maximum Gasteiger partial charge on any atom is 0.305 e. The molecule has 0 aromatic rings. The van der Waals surface area contributed by atoms with Crippen molar-refractivity contribution in [3.8, 4) is 0 Å². The molecular formula is C14H23NO3. The fraction of sp³-hybridized carbons (Fsp3) is 0.857. The molecule has 18 heavy (non-hydrogen) atoms. The van der Waals surface area contributed by atoms with E-state index < -0.39 is 5.97 Å². The Morgan fingerprint density at radius 2 is 1.67 bits per heavy atom. The van der Waals surface area contributed by atoms with E-state index in [1.54, 1.807) is 0 Å². The second-order valence-electron chi connectivity index (χ2n) is 5.74. The first-order valence-electron chi connectivity index (χ1n) is 7.19. The number of carboxylic acids is 1. The summed E-state index contributed by atoms with van der Waals surface area (Å²) >= 11 is 0. The zero-order chi connectivity index (χ0) is 13.0. The number of rotatable bonds is 5. The lowest BCUT2D eigenvalue weighted by Crippen LogP contribution is -2.41. The van der Waals surface area contributed by atoms with Crippen LogP contribution in [0.2, 0.25) is 0 Å². The van der Waals surface area contributed by atoms with E-state index in [0.717, 1.165) is 38.5 Å². The molecule has 102 valence electrons. The van der Waals surface area contributed by atoms with E-state index in [1.807, 2.05) is 0 Å². The summed E-state index contributed by atoms with van der Waals surface area (Å²) in [6.45, 7) is 0. The Morgan fingerprint density at radius 3 is 2.17 bits per heavy atom. The summed E-state index contributed by atoms with van der Waals surface area (Å²) in [6.07, 6.45) is 8.84. The monoisotopic (exact) mass is 253 g/mol. The molecule has 0 spiro atoms. The van der Waals surface area contributed by atoms with Gasteiger partial charge >= 0.3 is 5.97 Å². The van der Waals surface area contributed by atoms with Crippen LogP contribution in [0.3, 0.4) is 0 Å². The number of hydrogen-bond acceptors (Lipinski definition) is 2. The van der Waals surface area contributed by atoms with E-state index >= 15 is 0 Å². The van der Waals surface area contributed by atoms with Gasteiger partial charge in [-0.1, -0.05) is 25.7 Å². The average Bonchev–Trinajstić information content (AvgIpc) is 3.15. The van der Waals surface area contributed by atoms with Crippen molar-refractivity contribution in [2.75, 3.05) is 0 Å². The molecule has 0 bridgehead atoms. The largest absolute Gasteiger partial charge is 0.481 e. The number of amides is 1. The number of aliphatic carboxylic acids is 1. The van der Waals surface area contributed by atoms with Crippen molar-refractivity contribution in [3.05, 3.63) is 0 Å². The number of carbonyl (C=O) groups excluding carboxylic acids is 1. The highest BCUT2D eigenvalue weighted by atomic mass is 16.4. The second kappa shape index (κ2) is 6.21. The van der Waals surface area contributed by atoms with Crippen molar-refractivity contribution in [2.45, 2.75) is 63.8 Å². The summed E-state index contributed by atoms with van der Waals surface area (Å²) in [6, 6.07) is -0.141. The molecule has 0 radical (unpaired) electrons. The van der Waals surface area contributed by atoms with Crippen LogP contribution in [0.5, 0.6) is 0 Å². The van der Waals surface area contributed by atoms with Crippen molar-refractivity contribution < 1.29 is 14.7 Å². The number of hydrogen-bond donors (Lipinski definition) is 2. The highest BCUT2D eigenvalue weighted by molar-refractivity contribution is 5.79. The quantitative estimate of drug-likeness (QED) is 0.739. The molecule has 0 aromatic carbocycles. The summed E-state index contributed by atoms with van der Waals surface area (Å²) in [7, 11) is 0. The van der Waals surface area contributed by atoms with Crippen LogP contribution < -0.4 is 5.32 Å². The maximum atomic E-state index is 12.2. The third-order valence-electron chi connectivity index (χ3n) is 4.14. The molecule has 0 saturated heterocycles. The van der Waals surface area contributed by atoms with Gasteiger partial charge in [-0.25, -0.2) is 0 Å². The van der Waals surface area contributed by atoms with Crippen LogP contribution in [0.4, 0.5) is 0 Å². The normalized spacial score (nSPS) is 23.1. The molecule has 1 amide bonds. The zero-order valence-corrected chi connectivity index (χ0v) is 10.9. The van der Waals surface area contributed by atoms with Gasteiger partial charge < -0.3 is 10.4 Å². The first-order chi connectivity index (χ1) is 8.66. The minimum Gasteiger partial charge on any atom is -0.481 e. The molecule has 4 heteroatoms. The Bertz CT molecular complexity index is 304. The second-order valence-corrected chi connectivity index (χ2v) is 5.74. The van der Waals surface area contributed by atoms with Crippen LogP contribution in [0, 0.1) is 11.8 Å². The first kappa shape index (κ1) is 13.4. The summed E-state index contributed by atoms with van der Waals surface area (Å²) in [4.78, 5) is 23.0. The molecule has 4 nitrogen and oxygen atoms in total. The predicted molar refractivity (Wildman–Crippen MR) is 68.1 cm³/mol. The van der Waals surface area contributed by atoms with Crippen molar-refractivity contribution >= 4 is 11.9 Å². The van der Waals surface area contributed by atoms with Gasteiger partial charge in [-0.2, -0.15) is 0 Å². The van der Waals surface area contributed by atoms with Gasteiger partial charge in [0, 0.05) is 12.0 Å². The minimum absolute atomic E-state index is 0.0725. The molecule has 2 rings (SSSR count). The van der Waals surface area contributed by atoms with Crippen molar-refractivity contribution in [1.82, 2.24) is 5.32 Å². The lowest BCUT2D eigenvalue weighted by molar-refractivity contribution is -0.138. The van der Waals surface area contributed by atoms with Crippen LogP contribution in [0.1, 0.15) is 57.8 Å². The fourth-order valence-corrected chi connectivity index (χ4v) is 2.86. The van der Waals surface area contributed by atoms with Crippen LogP contribution in [-0.4, -0.2) is 23.0 Å². The van der Waals surface area contributed by atoms with Gasteiger partial charge in [-0.05, 0) is 31.6 Å². The molecule has 2 N–H and O–H groups in total. The molecule has 0 heterocycles. The SMILES string of the molecule is O=C(O)C[C@@H](NC(=O)C1CCCCCC1)C1CC1. The zero-order valence-electron chi connectivity index (χ0n) is 10.9. The summed E-state index contributed by atoms with van der Waals surface area (Å²) in [5, 5.41) is 11.9. The van der Waals surface area contributed by atoms with Gasteiger partial charge in [0.1, 0.15) is 0 Å². The summed E-state index contributed by atoms with van der Waals surface area (Å²) in [5.74, 6) is -0.207. The van der Waals surface area contributed by atoms with E-state index in [4.69, 9.17) is 5.11 Å². The van der Waals surface area contributed by atoms with Crippen LogP contribution in [0.15, 0.2) is 0 Å². The van der Waals surface area contributed by atoms with E-state index in [1.165, 1.54) is 12.8 Å². The molecule has 2 aliphatic carbocycles. The molecular weight excluding hydrogens is 230 g/mol. The minimum atomic E-state index is -0.812. The highest BCUT2D eigenvalue weighted by Crippen LogP contribution is 2.34. The Hall–Kier alpha value is -1.06. The molecule has 0 unspecified atom stereocenters. The third-order valence-corrected chi connectivity index (χ3v) is 4.14. The van der Waals surface area contributed by atoms with E-state index in [9.17, 15) is 9.59 Å². The molecule has 2 fully saturated rings. The fourth-order valence-electron chi connectivity index (χ4n) is 2.86. The molecule has 2 aliphatic rings. The number of carboxylic acid groups (broad SMARTS) is 1. The number of carbonyl (C=O) groups is 2. The van der Waals surface area contributed by atoms with Crippen LogP contribution in [-0.2, 0) is 9.59 Å². The summed E-state index contributed by atoms with van der Waals surface area (Å²) in [5.41, 5.74) is 0. The first-order valence-corrected chi connectivity index (χ1v) is 7.19. The Morgan fingerprint density at radius 1 is 1.06 bits per heavy atom. The van der Waals surface area contributed by atoms with Gasteiger partial charge in [0.25, 0.3) is 0 Å². The van der Waals surface area contributed by atoms with Crippen LogP contribution >= 0.6 is 0 Å². The van der Waals surface area contributed by atoms with Crippen molar-refractivity contribution in [1.29, 1.82) is 0 Å². The standard InChI is InChI=1S/C14H23NO3/c16-13(17)9-12(10-7-8-10)15-14(18)11-5-3-1-2-4-6-11/h10-12H,1-9H2,(H,15,18)(H,16,17)/t12-/m1/s1. The van der Waals surface area contributed by atoms with E-state index in [-0.39, 0.29) is 24.3 Å². The molecule has 0 aromatic heterocycles. The van der Waals surface area contributed by atoms with E-state index in [2.05, 4.69) is 5.32 Å². The lowest BCUT2D eigenvalue weighted by Gasteiger charge is -2.20. The maximum absolute atomic E-state index is 12.2. The highest BCUT2D eigenvalue weighted by Gasteiger charge is 2.34. The molecule has 0 aliphatic heterocycles. The smallest absolute Gasteiger partial charge is 0.305 e. The Labute approximate surface area is 108 Å². The molecule has 2 saturated carbocycles. The van der Waals surface area contributed by atoms with Gasteiger partial charge in [-0.15, -0.1) is 0 Å². The van der Waals surface area contributed by atoms with Crippen LogP contribution in [0.25, 0.3) is 0 Å². The predicted octanol–water partition coefficient (Wildman–Crippen LogP) is 2.33. The van der Waals surface area contributed by atoms with Crippen molar-refractivity contribution in [3.63, 3.8) is 0 Å². The Kier molecular flexibility index (Phi) is 4.61. The topological polar surface area (TPSA) is 66.4 Å². The van der Waals surface area contributed by atoms with Gasteiger partial charge in [0.05, 0.1) is 6.42 Å². The van der Waals surface area contributed by atoms with Crippen molar-refractivity contribution in [2.24, 2.45) is 11.8 Å². The summed E-state index contributed by atoms with van der Waals surface area (Å²) < 4.78 is 0. The van der Waals surface area contributed by atoms with Gasteiger partial charge in [0.15, 0.2) is 0 Å². The third kappa shape index (κ3) is 4.00. The number of nitrogens with one attached hydrogen (secondary N) is 1. The van der Waals surface area contributed by atoms with Gasteiger partial charge in [-0.3, -0.25) is 9.59 Å². The average molecular weight is 253 g/mol. The molecule has 1 atom stereocenters. The van der Waals surface area contributed by atoms with Gasteiger partial charge in [0.2, 0.25) is 5.91 Å². The Balaban J connectivity index is 1.85. The van der Waals surface area contributed by atoms with E-state index in [0.29, 0.717) is 5.92 Å². The lowest BCUT2D eigenvalue weighted by atomic mass is 9.98.